The first-order valence-corrected chi connectivity index (χ1v) is 7.27. The number of aromatic nitrogens is 2. The van der Waals surface area contributed by atoms with Crippen LogP contribution in [0.2, 0.25) is 0 Å². The number of hydrogen-bond acceptors (Lipinski definition) is 3. The third kappa shape index (κ3) is 2.37. The number of para-hydroxylation sites is 1. The Labute approximate surface area is 119 Å². The van der Waals surface area contributed by atoms with Gasteiger partial charge in [0.2, 0.25) is 0 Å². The number of hydrogen-bond donors (Lipinski definition) is 1. The van der Waals surface area contributed by atoms with E-state index in [1.165, 1.54) is 0 Å². The van der Waals surface area contributed by atoms with Gasteiger partial charge in [-0.05, 0) is 37.6 Å². The molecule has 4 nitrogen and oxygen atoms in total. The summed E-state index contributed by atoms with van der Waals surface area (Å²) in [5.41, 5.74) is 1.14. The molecule has 0 atom stereocenters. The molecule has 4 heteroatoms. The zero-order chi connectivity index (χ0) is 14.0. The van der Waals surface area contributed by atoms with Crippen LogP contribution < -0.4 is 0 Å². The van der Waals surface area contributed by atoms with Crippen LogP contribution in [0.15, 0.2) is 42.6 Å². The Morgan fingerprint density at radius 1 is 1.15 bits per heavy atom. The summed E-state index contributed by atoms with van der Waals surface area (Å²) in [6.45, 7) is 5.09. The van der Waals surface area contributed by atoms with Gasteiger partial charge in [0.15, 0.2) is 0 Å². The fourth-order valence-electron chi connectivity index (χ4n) is 2.93. The SMILES string of the molecule is CCN1CCC(O)(c2ccnn2-c2ccccc2)CC1. The van der Waals surface area contributed by atoms with E-state index < -0.39 is 5.60 Å². The first-order valence-electron chi connectivity index (χ1n) is 7.27. The molecule has 0 aliphatic carbocycles. The topological polar surface area (TPSA) is 41.3 Å². The van der Waals surface area contributed by atoms with Crippen LogP contribution in [0.3, 0.4) is 0 Å². The summed E-state index contributed by atoms with van der Waals surface area (Å²) in [5.74, 6) is 0. The molecule has 0 unspecified atom stereocenters. The van der Waals surface area contributed by atoms with Gasteiger partial charge in [-0.1, -0.05) is 25.1 Å². The highest BCUT2D eigenvalue weighted by Gasteiger charge is 2.36. The molecule has 1 aliphatic rings. The minimum Gasteiger partial charge on any atom is -0.383 e. The van der Waals surface area contributed by atoms with Gasteiger partial charge in [-0.15, -0.1) is 0 Å². The molecular weight excluding hydrogens is 250 g/mol. The summed E-state index contributed by atoms with van der Waals surface area (Å²) in [4.78, 5) is 2.37. The van der Waals surface area contributed by atoms with Crippen LogP contribution >= 0.6 is 0 Å². The van der Waals surface area contributed by atoms with Crippen molar-refractivity contribution in [2.24, 2.45) is 0 Å². The average molecular weight is 271 g/mol. The predicted molar refractivity (Wildman–Crippen MR) is 78.8 cm³/mol. The number of nitrogens with zero attached hydrogens (tertiary/aromatic N) is 3. The number of likely N-dealkylation sites (tertiary alicyclic amines) is 1. The van der Waals surface area contributed by atoms with Gasteiger partial charge in [0.25, 0.3) is 0 Å². The highest BCUT2D eigenvalue weighted by molar-refractivity contribution is 5.34. The summed E-state index contributed by atoms with van der Waals surface area (Å²) in [7, 11) is 0. The standard InChI is InChI=1S/C16H21N3O/c1-2-18-12-9-16(20,10-13-18)15-8-11-17-19(15)14-6-4-3-5-7-14/h3-8,11,20H,2,9-10,12-13H2,1H3. The lowest BCUT2D eigenvalue weighted by molar-refractivity contribution is -0.0299. The predicted octanol–water partition coefficient (Wildman–Crippen LogP) is 2.18. The number of benzene rings is 1. The molecule has 0 amide bonds. The van der Waals surface area contributed by atoms with Crippen molar-refractivity contribution in [3.63, 3.8) is 0 Å². The quantitative estimate of drug-likeness (QED) is 0.930. The highest BCUT2D eigenvalue weighted by atomic mass is 16.3. The van der Waals surface area contributed by atoms with E-state index in [2.05, 4.69) is 16.9 Å². The van der Waals surface area contributed by atoms with Gasteiger partial charge in [0, 0.05) is 19.3 Å². The molecule has 1 N–H and O–H groups in total. The normalized spacial score (nSPS) is 19.1. The molecule has 106 valence electrons. The van der Waals surface area contributed by atoms with Crippen LogP contribution in [0.4, 0.5) is 0 Å². The van der Waals surface area contributed by atoms with E-state index in [1.54, 1.807) is 6.20 Å². The molecule has 20 heavy (non-hydrogen) atoms. The van der Waals surface area contributed by atoms with Crippen molar-refractivity contribution in [1.82, 2.24) is 14.7 Å². The molecule has 1 fully saturated rings. The van der Waals surface area contributed by atoms with Crippen LogP contribution in [-0.2, 0) is 5.60 Å². The first kappa shape index (κ1) is 13.3. The number of aliphatic hydroxyl groups is 1. The third-order valence-corrected chi connectivity index (χ3v) is 4.25. The molecule has 0 radical (unpaired) electrons. The third-order valence-electron chi connectivity index (χ3n) is 4.25. The van der Waals surface area contributed by atoms with Crippen LogP contribution in [0.1, 0.15) is 25.5 Å². The van der Waals surface area contributed by atoms with Gasteiger partial charge >= 0.3 is 0 Å². The lowest BCUT2D eigenvalue weighted by Gasteiger charge is -2.37. The second-order valence-electron chi connectivity index (χ2n) is 5.43. The Kier molecular flexibility index (Phi) is 3.59. The van der Waals surface area contributed by atoms with Crippen LogP contribution in [0.5, 0.6) is 0 Å². The van der Waals surface area contributed by atoms with Crippen LogP contribution in [-0.4, -0.2) is 39.4 Å². The first-order chi connectivity index (χ1) is 9.73. The van der Waals surface area contributed by atoms with Crippen molar-refractivity contribution in [2.75, 3.05) is 19.6 Å². The maximum atomic E-state index is 11.0. The summed E-state index contributed by atoms with van der Waals surface area (Å²) >= 11 is 0. The Morgan fingerprint density at radius 2 is 1.85 bits per heavy atom. The Balaban J connectivity index is 1.90. The molecule has 1 aromatic carbocycles. The summed E-state index contributed by atoms with van der Waals surface area (Å²) in [6, 6.07) is 11.9. The summed E-state index contributed by atoms with van der Waals surface area (Å²) < 4.78 is 1.86. The second kappa shape index (κ2) is 5.38. The van der Waals surface area contributed by atoms with Crippen molar-refractivity contribution in [2.45, 2.75) is 25.4 Å². The summed E-state index contributed by atoms with van der Waals surface area (Å²) in [6.07, 6.45) is 3.30. The Morgan fingerprint density at radius 3 is 2.50 bits per heavy atom. The maximum Gasteiger partial charge on any atom is 0.109 e. The Hall–Kier alpha value is -1.65. The highest BCUT2D eigenvalue weighted by Crippen LogP contribution is 2.33. The van der Waals surface area contributed by atoms with Crippen molar-refractivity contribution in [1.29, 1.82) is 0 Å². The second-order valence-corrected chi connectivity index (χ2v) is 5.43. The molecule has 0 saturated carbocycles. The largest absolute Gasteiger partial charge is 0.383 e. The molecule has 1 aromatic heterocycles. The monoisotopic (exact) mass is 271 g/mol. The number of rotatable bonds is 3. The maximum absolute atomic E-state index is 11.0. The van der Waals surface area contributed by atoms with E-state index in [-0.39, 0.29) is 0 Å². The molecule has 1 aliphatic heterocycles. The minimum absolute atomic E-state index is 0.763. The lowest BCUT2D eigenvalue weighted by atomic mass is 9.88. The van der Waals surface area contributed by atoms with Crippen molar-refractivity contribution in [3.8, 4) is 5.69 Å². The molecule has 2 heterocycles. The molecular formula is C16H21N3O. The van der Waals surface area contributed by atoms with Gasteiger partial charge in [0.1, 0.15) is 5.60 Å². The molecule has 1 saturated heterocycles. The van der Waals surface area contributed by atoms with Crippen molar-refractivity contribution < 1.29 is 5.11 Å². The minimum atomic E-state index is -0.766. The van der Waals surface area contributed by atoms with E-state index in [0.717, 1.165) is 43.9 Å². The van der Waals surface area contributed by atoms with Crippen LogP contribution in [0, 0.1) is 0 Å². The average Bonchev–Trinajstić information content (AvgIpc) is 2.99. The summed E-state index contributed by atoms with van der Waals surface area (Å²) in [5, 5.41) is 15.4. The van der Waals surface area contributed by atoms with Crippen LogP contribution in [0.25, 0.3) is 5.69 Å². The zero-order valence-corrected chi connectivity index (χ0v) is 11.9. The van der Waals surface area contributed by atoms with Gasteiger partial charge in [-0.3, -0.25) is 0 Å². The van der Waals surface area contributed by atoms with E-state index in [0.29, 0.717) is 0 Å². The number of piperidine rings is 1. The van der Waals surface area contributed by atoms with Crippen molar-refractivity contribution in [3.05, 3.63) is 48.3 Å². The Bertz CT molecular complexity index is 556. The molecule has 2 aromatic rings. The molecule has 3 rings (SSSR count). The molecule has 0 bridgehead atoms. The lowest BCUT2D eigenvalue weighted by Crippen LogP contribution is -2.43. The van der Waals surface area contributed by atoms with Gasteiger partial charge in [-0.2, -0.15) is 5.10 Å². The van der Waals surface area contributed by atoms with Gasteiger partial charge in [0.05, 0.1) is 11.4 Å². The van der Waals surface area contributed by atoms with E-state index in [4.69, 9.17) is 0 Å². The van der Waals surface area contributed by atoms with E-state index >= 15 is 0 Å². The van der Waals surface area contributed by atoms with Gasteiger partial charge in [-0.25, -0.2) is 4.68 Å². The van der Waals surface area contributed by atoms with E-state index in [9.17, 15) is 5.11 Å². The van der Waals surface area contributed by atoms with Crippen molar-refractivity contribution >= 4 is 0 Å². The fraction of sp³-hybridized carbons (Fsp3) is 0.438. The smallest absolute Gasteiger partial charge is 0.109 e. The van der Waals surface area contributed by atoms with E-state index in [1.807, 2.05) is 41.1 Å². The zero-order valence-electron chi connectivity index (χ0n) is 11.9. The fourth-order valence-corrected chi connectivity index (χ4v) is 2.93. The molecule has 0 spiro atoms. The van der Waals surface area contributed by atoms with Gasteiger partial charge < -0.3 is 10.0 Å².